The number of rotatable bonds is 6. The predicted molar refractivity (Wildman–Crippen MR) is 140 cm³/mol. The average molecular weight is 513 g/mol. The molecule has 0 saturated carbocycles. The van der Waals surface area contributed by atoms with Gasteiger partial charge < -0.3 is 16.0 Å². The first kappa shape index (κ1) is 24.9. The van der Waals surface area contributed by atoms with Crippen LogP contribution in [-0.4, -0.2) is 43.3 Å². The van der Waals surface area contributed by atoms with Crippen molar-refractivity contribution in [2.24, 2.45) is 5.92 Å². The third kappa shape index (κ3) is 5.88. The van der Waals surface area contributed by atoms with Crippen LogP contribution in [0.2, 0.25) is 0 Å². The molecule has 184 valence electrons. The Morgan fingerprint density at radius 1 is 1.09 bits per heavy atom. The second-order valence-corrected chi connectivity index (χ2v) is 12.0. The van der Waals surface area contributed by atoms with Crippen molar-refractivity contribution < 1.29 is 18.0 Å². The number of nitrogen functional groups attached to an aromatic ring is 1. The SMILES string of the molecule is Cc1cccc(C)c1N(CC(=O)Nc1ccc(-c2csc(N)n2)cc1)C(=O)C1CCS(=O)(=O)CC1. The van der Waals surface area contributed by atoms with Crippen molar-refractivity contribution in [3.63, 3.8) is 0 Å². The Morgan fingerprint density at radius 2 is 1.71 bits per heavy atom. The zero-order chi connectivity index (χ0) is 25.2. The number of hydrogen-bond donors (Lipinski definition) is 2. The molecule has 1 fully saturated rings. The van der Waals surface area contributed by atoms with Crippen LogP contribution in [0, 0.1) is 19.8 Å². The average Bonchev–Trinajstić information content (AvgIpc) is 3.24. The quantitative estimate of drug-likeness (QED) is 0.518. The fourth-order valence-electron chi connectivity index (χ4n) is 4.34. The summed E-state index contributed by atoms with van der Waals surface area (Å²) in [7, 11) is -3.10. The highest BCUT2D eigenvalue weighted by Gasteiger charge is 2.33. The highest BCUT2D eigenvalue weighted by molar-refractivity contribution is 7.91. The lowest BCUT2D eigenvalue weighted by Crippen LogP contribution is -2.44. The number of sulfone groups is 1. The van der Waals surface area contributed by atoms with Gasteiger partial charge in [0, 0.05) is 22.5 Å². The summed E-state index contributed by atoms with van der Waals surface area (Å²) >= 11 is 1.36. The molecule has 8 nitrogen and oxygen atoms in total. The van der Waals surface area contributed by atoms with Crippen molar-refractivity contribution in [2.45, 2.75) is 26.7 Å². The van der Waals surface area contributed by atoms with Gasteiger partial charge in [0.2, 0.25) is 11.8 Å². The molecular formula is C25H28N4O4S2. The second-order valence-electron chi connectivity index (χ2n) is 8.79. The highest BCUT2D eigenvalue weighted by atomic mass is 32.2. The van der Waals surface area contributed by atoms with E-state index in [9.17, 15) is 18.0 Å². The van der Waals surface area contributed by atoms with Crippen LogP contribution in [0.15, 0.2) is 47.8 Å². The third-order valence-corrected chi connectivity index (χ3v) is 8.56. The molecule has 1 aromatic heterocycles. The van der Waals surface area contributed by atoms with Crippen LogP contribution in [0.3, 0.4) is 0 Å². The fourth-order valence-corrected chi connectivity index (χ4v) is 6.41. The molecule has 1 aliphatic heterocycles. The first-order valence-corrected chi connectivity index (χ1v) is 14.0. The van der Waals surface area contributed by atoms with E-state index in [0.29, 0.717) is 16.5 Å². The van der Waals surface area contributed by atoms with Gasteiger partial charge in [-0.25, -0.2) is 13.4 Å². The molecule has 3 aromatic rings. The highest BCUT2D eigenvalue weighted by Crippen LogP contribution is 2.30. The molecule has 1 saturated heterocycles. The number of carbonyl (C=O) groups excluding carboxylic acids is 2. The van der Waals surface area contributed by atoms with Crippen molar-refractivity contribution in [1.29, 1.82) is 0 Å². The van der Waals surface area contributed by atoms with Crippen LogP contribution in [0.25, 0.3) is 11.3 Å². The molecule has 0 bridgehead atoms. The van der Waals surface area contributed by atoms with Gasteiger partial charge in [-0.2, -0.15) is 0 Å². The minimum atomic E-state index is -3.10. The second kappa shape index (κ2) is 10.2. The summed E-state index contributed by atoms with van der Waals surface area (Å²) in [5, 5.41) is 5.22. The van der Waals surface area contributed by atoms with E-state index < -0.39 is 15.8 Å². The molecule has 4 rings (SSSR count). The van der Waals surface area contributed by atoms with Crippen molar-refractivity contribution >= 4 is 49.5 Å². The number of nitrogens with two attached hydrogens (primary N) is 1. The molecule has 0 atom stereocenters. The molecule has 35 heavy (non-hydrogen) atoms. The first-order valence-electron chi connectivity index (χ1n) is 11.3. The van der Waals surface area contributed by atoms with E-state index >= 15 is 0 Å². The smallest absolute Gasteiger partial charge is 0.244 e. The van der Waals surface area contributed by atoms with Crippen LogP contribution < -0.4 is 16.0 Å². The third-order valence-electron chi connectivity index (χ3n) is 6.17. The maximum atomic E-state index is 13.5. The largest absolute Gasteiger partial charge is 0.375 e. The molecule has 2 heterocycles. The number of nitrogens with one attached hydrogen (secondary N) is 1. The van der Waals surface area contributed by atoms with E-state index in [4.69, 9.17) is 5.73 Å². The number of anilines is 3. The Labute approximate surface area is 209 Å². The normalized spacial score (nSPS) is 15.5. The Hall–Kier alpha value is -3.24. The molecule has 2 aromatic carbocycles. The zero-order valence-corrected chi connectivity index (χ0v) is 21.3. The Kier molecular flexibility index (Phi) is 7.23. The van der Waals surface area contributed by atoms with Crippen LogP contribution in [-0.2, 0) is 19.4 Å². The Balaban J connectivity index is 1.52. The number of benzene rings is 2. The molecule has 10 heteroatoms. The summed E-state index contributed by atoms with van der Waals surface area (Å²) in [4.78, 5) is 32.3. The van der Waals surface area contributed by atoms with Gasteiger partial charge in [0.25, 0.3) is 0 Å². The van der Waals surface area contributed by atoms with Gasteiger partial charge in [0.05, 0.1) is 22.9 Å². The van der Waals surface area contributed by atoms with Crippen molar-refractivity contribution in [3.8, 4) is 11.3 Å². The molecule has 0 spiro atoms. The number of nitrogens with zero attached hydrogens (tertiary/aromatic N) is 2. The predicted octanol–water partition coefficient (Wildman–Crippen LogP) is 3.81. The van der Waals surface area contributed by atoms with Crippen molar-refractivity contribution in [2.75, 3.05) is 34.0 Å². The molecule has 1 aliphatic rings. The lowest BCUT2D eigenvalue weighted by molar-refractivity contribution is -0.124. The van der Waals surface area contributed by atoms with Crippen molar-refractivity contribution in [1.82, 2.24) is 4.98 Å². The number of amides is 2. The first-order chi connectivity index (χ1) is 16.6. The molecular weight excluding hydrogens is 484 g/mol. The van der Waals surface area contributed by atoms with E-state index in [0.717, 1.165) is 22.4 Å². The van der Waals surface area contributed by atoms with Crippen LogP contribution >= 0.6 is 11.3 Å². The summed E-state index contributed by atoms with van der Waals surface area (Å²) in [5.74, 6) is -1.01. The minimum Gasteiger partial charge on any atom is -0.375 e. The fraction of sp³-hybridized carbons (Fsp3) is 0.320. The Bertz CT molecular complexity index is 1320. The van der Waals surface area contributed by atoms with Crippen LogP contribution in [0.1, 0.15) is 24.0 Å². The van der Waals surface area contributed by atoms with E-state index in [1.165, 1.54) is 16.2 Å². The molecule has 0 unspecified atom stereocenters. The van der Waals surface area contributed by atoms with E-state index in [2.05, 4.69) is 10.3 Å². The van der Waals surface area contributed by atoms with Crippen molar-refractivity contribution in [3.05, 3.63) is 59.0 Å². The van der Waals surface area contributed by atoms with Crippen LogP contribution in [0.4, 0.5) is 16.5 Å². The number of aryl methyl sites for hydroxylation is 2. The van der Waals surface area contributed by atoms with Gasteiger partial charge in [-0.05, 0) is 49.9 Å². The molecule has 0 radical (unpaired) electrons. The van der Waals surface area contributed by atoms with Crippen LogP contribution in [0.5, 0.6) is 0 Å². The number of thiazole rings is 1. The summed E-state index contributed by atoms with van der Waals surface area (Å²) in [6.45, 7) is 3.63. The summed E-state index contributed by atoms with van der Waals surface area (Å²) in [5.41, 5.74) is 10.4. The maximum absolute atomic E-state index is 13.5. The number of hydrogen-bond acceptors (Lipinski definition) is 7. The van der Waals surface area contributed by atoms with Gasteiger partial charge in [0.1, 0.15) is 16.4 Å². The summed E-state index contributed by atoms with van der Waals surface area (Å²) in [6.07, 6.45) is 0.541. The number of carbonyl (C=O) groups is 2. The zero-order valence-electron chi connectivity index (χ0n) is 19.7. The molecule has 3 N–H and O–H groups in total. The lowest BCUT2D eigenvalue weighted by Gasteiger charge is -2.31. The van der Waals surface area contributed by atoms with Gasteiger partial charge in [0.15, 0.2) is 5.13 Å². The minimum absolute atomic E-state index is 0.00676. The standard InChI is InChI=1S/C25H28N4O4S2/c1-16-4-3-5-17(2)23(16)29(24(31)19-10-12-35(32,33)13-11-19)14-22(30)27-20-8-6-18(7-9-20)21-15-34-25(26)28-21/h3-9,15,19H,10-14H2,1-2H3,(H2,26,28)(H,27,30). The number of aromatic nitrogens is 1. The van der Waals surface area contributed by atoms with Gasteiger partial charge in [-0.3, -0.25) is 9.59 Å². The number of para-hydroxylation sites is 1. The van der Waals surface area contributed by atoms with Gasteiger partial charge >= 0.3 is 0 Å². The maximum Gasteiger partial charge on any atom is 0.244 e. The molecule has 0 aliphatic carbocycles. The van der Waals surface area contributed by atoms with E-state index in [1.807, 2.05) is 49.6 Å². The van der Waals surface area contributed by atoms with Gasteiger partial charge in [-0.1, -0.05) is 30.3 Å². The van der Waals surface area contributed by atoms with Gasteiger partial charge in [-0.15, -0.1) is 11.3 Å². The summed E-state index contributed by atoms with van der Waals surface area (Å²) in [6, 6.07) is 13.0. The Morgan fingerprint density at radius 3 is 2.29 bits per heavy atom. The lowest BCUT2D eigenvalue weighted by atomic mass is 9.99. The molecule has 2 amide bonds. The monoisotopic (exact) mass is 512 g/mol. The topological polar surface area (TPSA) is 122 Å². The van der Waals surface area contributed by atoms with E-state index in [-0.39, 0.29) is 42.7 Å². The summed E-state index contributed by atoms with van der Waals surface area (Å²) < 4.78 is 23.7. The van der Waals surface area contributed by atoms with E-state index in [1.54, 1.807) is 12.1 Å².